The van der Waals surface area contributed by atoms with Gasteiger partial charge in [0.05, 0.1) is 17.5 Å². The van der Waals surface area contributed by atoms with Gasteiger partial charge in [-0.25, -0.2) is 0 Å². The second kappa shape index (κ2) is 6.89. The predicted octanol–water partition coefficient (Wildman–Crippen LogP) is 2.07. The van der Waals surface area contributed by atoms with Gasteiger partial charge in [0, 0.05) is 18.6 Å². The highest BCUT2D eigenvalue weighted by molar-refractivity contribution is 6.30. The molecular weight excluding hydrogens is 304 g/mol. The number of amides is 1. The van der Waals surface area contributed by atoms with Gasteiger partial charge in [-0.3, -0.25) is 4.79 Å². The van der Waals surface area contributed by atoms with Crippen molar-refractivity contribution in [3.8, 4) is 5.69 Å². The summed E-state index contributed by atoms with van der Waals surface area (Å²) in [6.45, 7) is 3.89. The molecule has 0 bridgehead atoms. The molecule has 0 fully saturated rings. The Morgan fingerprint density at radius 1 is 1.45 bits per heavy atom. The van der Waals surface area contributed by atoms with E-state index in [9.17, 15) is 9.90 Å². The van der Waals surface area contributed by atoms with Gasteiger partial charge in [-0.1, -0.05) is 17.7 Å². The first-order valence-corrected chi connectivity index (χ1v) is 7.39. The molecule has 7 heteroatoms. The van der Waals surface area contributed by atoms with Gasteiger partial charge in [0.25, 0.3) is 5.91 Å². The lowest BCUT2D eigenvalue weighted by molar-refractivity contribution is 0.0762. The fraction of sp³-hybridized carbons (Fsp3) is 0.400. The molecule has 0 saturated carbocycles. The first-order chi connectivity index (χ1) is 10.4. The molecular formula is C15H19ClN4O2. The van der Waals surface area contributed by atoms with Crippen molar-refractivity contribution in [2.75, 3.05) is 13.6 Å². The van der Waals surface area contributed by atoms with Crippen LogP contribution in [0.15, 0.2) is 24.3 Å². The summed E-state index contributed by atoms with van der Waals surface area (Å²) in [6, 6.07) is 7.10. The number of aromatic nitrogens is 3. The number of hydrogen-bond acceptors (Lipinski definition) is 4. The second-order valence-electron chi connectivity index (χ2n) is 5.27. The normalized spacial score (nSPS) is 12.2. The maximum absolute atomic E-state index is 12.4. The van der Waals surface area contributed by atoms with Crippen molar-refractivity contribution < 1.29 is 9.90 Å². The highest BCUT2D eigenvalue weighted by atomic mass is 35.5. The van der Waals surface area contributed by atoms with Gasteiger partial charge in [0.1, 0.15) is 0 Å². The van der Waals surface area contributed by atoms with Crippen LogP contribution in [0, 0.1) is 6.92 Å². The van der Waals surface area contributed by atoms with Crippen molar-refractivity contribution in [2.24, 2.45) is 0 Å². The fourth-order valence-electron chi connectivity index (χ4n) is 1.96. The topological polar surface area (TPSA) is 71.2 Å². The summed E-state index contributed by atoms with van der Waals surface area (Å²) in [5.74, 6) is -0.216. The first kappa shape index (κ1) is 16.5. The molecule has 118 valence electrons. The van der Waals surface area contributed by atoms with E-state index < -0.39 is 6.10 Å². The molecule has 1 atom stereocenters. The molecule has 0 radical (unpaired) electrons. The van der Waals surface area contributed by atoms with E-state index in [0.29, 0.717) is 35.1 Å². The lowest BCUT2D eigenvalue weighted by Gasteiger charge is -2.16. The minimum atomic E-state index is -0.446. The van der Waals surface area contributed by atoms with E-state index in [0.717, 1.165) is 0 Å². The van der Waals surface area contributed by atoms with Crippen molar-refractivity contribution in [1.82, 2.24) is 19.9 Å². The van der Waals surface area contributed by atoms with Crippen molar-refractivity contribution in [2.45, 2.75) is 26.4 Å². The minimum absolute atomic E-state index is 0.216. The summed E-state index contributed by atoms with van der Waals surface area (Å²) in [7, 11) is 1.68. The molecule has 6 nitrogen and oxygen atoms in total. The monoisotopic (exact) mass is 322 g/mol. The smallest absolute Gasteiger partial charge is 0.276 e. The van der Waals surface area contributed by atoms with Gasteiger partial charge < -0.3 is 10.0 Å². The van der Waals surface area contributed by atoms with Gasteiger partial charge in [-0.05, 0) is 38.5 Å². The van der Waals surface area contributed by atoms with Gasteiger partial charge in [0.15, 0.2) is 5.69 Å². The van der Waals surface area contributed by atoms with Crippen LogP contribution >= 0.6 is 11.6 Å². The number of rotatable bonds is 5. The Morgan fingerprint density at radius 3 is 2.82 bits per heavy atom. The van der Waals surface area contributed by atoms with Crippen LogP contribution in [-0.4, -0.2) is 50.6 Å². The van der Waals surface area contributed by atoms with E-state index in [2.05, 4.69) is 10.2 Å². The third-order valence-corrected chi connectivity index (χ3v) is 3.49. The number of benzene rings is 1. The van der Waals surface area contributed by atoms with E-state index in [1.165, 1.54) is 9.70 Å². The maximum Gasteiger partial charge on any atom is 0.276 e. The van der Waals surface area contributed by atoms with Crippen LogP contribution in [0.3, 0.4) is 0 Å². The Bertz CT molecular complexity index is 669. The molecule has 2 aromatic rings. The van der Waals surface area contributed by atoms with Crippen molar-refractivity contribution >= 4 is 17.5 Å². The largest absolute Gasteiger partial charge is 0.393 e. The van der Waals surface area contributed by atoms with Crippen LogP contribution in [0.25, 0.3) is 5.69 Å². The number of aliphatic hydroxyl groups is 1. The first-order valence-electron chi connectivity index (χ1n) is 7.02. The molecule has 1 amide bonds. The molecule has 0 spiro atoms. The fourth-order valence-corrected chi connectivity index (χ4v) is 2.14. The summed E-state index contributed by atoms with van der Waals surface area (Å²) < 4.78 is 0. The van der Waals surface area contributed by atoms with Crippen LogP contribution in [0.5, 0.6) is 0 Å². The Labute approximate surface area is 134 Å². The number of carbonyl (C=O) groups is 1. The summed E-state index contributed by atoms with van der Waals surface area (Å²) >= 11 is 5.96. The van der Waals surface area contributed by atoms with Crippen molar-refractivity contribution in [1.29, 1.82) is 0 Å². The zero-order valence-corrected chi connectivity index (χ0v) is 13.6. The molecule has 1 aromatic carbocycles. The Kier molecular flexibility index (Phi) is 5.15. The molecule has 0 aliphatic carbocycles. The minimum Gasteiger partial charge on any atom is -0.393 e. The summed E-state index contributed by atoms with van der Waals surface area (Å²) in [5, 5.41) is 18.4. The second-order valence-corrected chi connectivity index (χ2v) is 5.70. The average Bonchev–Trinajstić information content (AvgIpc) is 2.86. The third kappa shape index (κ3) is 3.84. The van der Waals surface area contributed by atoms with Gasteiger partial charge in [-0.2, -0.15) is 9.90 Å². The number of aryl methyl sites for hydroxylation is 1. The molecule has 1 N–H and O–H groups in total. The zero-order chi connectivity index (χ0) is 16.3. The van der Waals surface area contributed by atoms with Crippen LogP contribution < -0.4 is 0 Å². The van der Waals surface area contributed by atoms with E-state index in [1.807, 2.05) is 6.07 Å². The number of aliphatic hydroxyl groups excluding tert-OH is 1. The maximum atomic E-state index is 12.4. The molecule has 1 unspecified atom stereocenters. The van der Waals surface area contributed by atoms with Gasteiger partial charge >= 0.3 is 0 Å². The van der Waals surface area contributed by atoms with Crippen molar-refractivity contribution in [3.63, 3.8) is 0 Å². The van der Waals surface area contributed by atoms with E-state index in [4.69, 9.17) is 11.6 Å². The third-order valence-electron chi connectivity index (χ3n) is 3.25. The number of nitrogens with zero attached hydrogens (tertiary/aromatic N) is 4. The zero-order valence-electron chi connectivity index (χ0n) is 12.8. The summed E-state index contributed by atoms with van der Waals surface area (Å²) in [6.07, 6.45) is 0.0717. The molecule has 22 heavy (non-hydrogen) atoms. The summed E-state index contributed by atoms with van der Waals surface area (Å²) in [4.78, 5) is 15.3. The standard InChI is InChI=1S/C15H19ClN4O2/c1-10(21)7-8-19(3)15(22)14-11(2)17-20(18-14)13-6-4-5-12(16)9-13/h4-6,9-10,21H,7-8H2,1-3H3. The SMILES string of the molecule is Cc1nn(-c2cccc(Cl)c2)nc1C(=O)N(C)CCC(C)O. The Hall–Kier alpha value is -1.92. The van der Waals surface area contributed by atoms with E-state index in [-0.39, 0.29) is 5.91 Å². The van der Waals surface area contributed by atoms with Crippen LogP contribution in [-0.2, 0) is 0 Å². The van der Waals surface area contributed by atoms with Gasteiger partial charge in [0.2, 0.25) is 0 Å². The molecule has 0 saturated heterocycles. The number of halogens is 1. The number of carbonyl (C=O) groups excluding carboxylic acids is 1. The average molecular weight is 323 g/mol. The van der Waals surface area contributed by atoms with E-state index >= 15 is 0 Å². The molecule has 0 aliphatic rings. The molecule has 0 aliphatic heterocycles. The Balaban J connectivity index is 2.21. The summed E-state index contributed by atoms with van der Waals surface area (Å²) in [5.41, 5.74) is 1.54. The Morgan fingerprint density at radius 2 is 2.18 bits per heavy atom. The predicted molar refractivity (Wildman–Crippen MR) is 84.4 cm³/mol. The lowest BCUT2D eigenvalue weighted by Crippen LogP contribution is -2.30. The molecule has 2 rings (SSSR count). The van der Waals surface area contributed by atoms with Crippen LogP contribution in [0.2, 0.25) is 5.02 Å². The van der Waals surface area contributed by atoms with E-state index in [1.54, 1.807) is 39.1 Å². The highest BCUT2D eigenvalue weighted by Gasteiger charge is 2.20. The highest BCUT2D eigenvalue weighted by Crippen LogP contribution is 2.15. The quantitative estimate of drug-likeness (QED) is 0.914. The van der Waals surface area contributed by atoms with Crippen LogP contribution in [0.1, 0.15) is 29.5 Å². The van der Waals surface area contributed by atoms with Crippen molar-refractivity contribution in [3.05, 3.63) is 40.7 Å². The lowest BCUT2D eigenvalue weighted by atomic mass is 10.2. The molecule has 1 heterocycles. The molecule has 1 aromatic heterocycles. The van der Waals surface area contributed by atoms with Crippen LogP contribution in [0.4, 0.5) is 0 Å². The number of hydrogen-bond donors (Lipinski definition) is 1. The van der Waals surface area contributed by atoms with Gasteiger partial charge in [-0.15, -0.1) is 5.10 Å².